The first-order valence-electron chi connectivity index (χ1n) is 7.14. The van der Waals surface area contributed by atoms with E-state index in [9.17, 15) is 14.9 Å². The smallest absolute Gasteiger partial charge is 0.272 e. The third kappa shape index (κ3) is 3.81. The lowest BCUT2D eigenvalue weighted by Crippen LogP contribution is -2.42. The summed E-state index contributed by atoms with van der Waals surface area (Å²) in [5.74, 6) is 0.313. The number of nitrogens with zero attached hydrogens (tertiary/aromatic N) is 1. The molecule has 1 amide bonds. The molecule has 1 aromatic rings. The second kappa shape index (κ2) is 7.02. The lowest BCUT2D eigenvalue weighted by atomic mass is 9.85. The fourth-order valence-corrected chi connectivity index (χ4v) is 3.61. The van der Waals surface area contributed by atoms with E-state index >= 15 is 0 Å². The molecule has 1 aliphatic rings. The standard InChI is InChI=1S/C15H19BrN2O3/c1-10-8-11(6-7-14(10)18(20)21)15(19)17-13-5-3-2-4-12(13)9-16/h6-8,12-13H,2-5,9H2,1H3,(H,17,19). The normalized spacial score (nSPS) is 21.8. The average molecular weight is 355 g/mol. The highest BCUT2D eigenvalue weighted by molar-refractivity contribution is 9.09. The van der Waals surface area contributed by atoms with Crippen LogP contribution in [0, 0.1) is 23.0 Å². The first kappa shape index (κ1) is 15.9. The van der Waals surface area contributed by atoms with E-state index in [1.807, 2.05) is 0 Å². The molecule has 1 saturated carbocycles. The average Bonchev–Trinajstić information content (AvgIpc) is 2.47. The SMILES string of the molecule is Cc1cc(C(=O)NC2CCCCC2CBr)ccc1[N+](=O)[O-]. The number of nitro groups is 1. The number of halogens is 1. The lowest BCUT2D eigenvalue weighted by Gasteiger charge is -2.31. The molecule has 0 bridgehead atoms. The van der Waals surface area contributed by atoms with Gasteiger partial charge in [-0.2, -0.15) is 0 Å². The van der Waals surface area contributed by atoms with Crippen LogP contribution in [0.2, 0.25) is 0 Å². The van der Waals surface area contributed by atoms with Crippen LogP contribution in [0.25, 0.3) is 0 Å². The van der Waals surface area contributed by atoms with Gasteiger partial charge < -0.3 is 5.32 Å². The van der Waals surface area contributed by atoms with E-state index in [-0.39, 0.29) is 17.6 Å². The summed E-state index contributed by atoms with van der Waals surface area (Å²) in [6.45, 7) is 1.65. The van der Waals surface area contributed by atoms with Crippen molar-refractivity contribution in [1.82, 2.24) is 5.32 Å². The molecule has 1 aromatic carbocycles. The van der Waals surface area contributed by atoms with Crippen molar-refractivity contribution in [3.8, 4) is 0 Å². The molecule has 6 heteroatoms. The molecule has 0 saturated heterocycles. The lowest BCUT2D eigenvalue weighted by molar-refractivity contribution is -0.385. The zero-order valence-electron chi connectivity index (χ0n) is 12.0. The fourth-order valence-electron chi connectivity index (χ4n) is 2.84. The van der Waals surface area contributed by atoms with Crippen LogP contribution in [-0.4, -0.2) is 22.2 Å². The molecule has 2 unspecified atom stereocenters. The maximum atomic E-state index is 12.3. The minimum Gasteiger partial charge on any atom is -0.349 e. The first-order chi connectivity index (χ1) is 10.0. The molecule has 0 aromatic heterocycles. The van der Waals surface area contributed by atoms with E-state index in [2.05, 4.69) is 21.2 Å². The van der Waals surface area contributed by atoms with Gasteiger partial charge in [-0.1, -0.05) is 28.8 Å². The summed E-state index contributed by atoms with van der Waals surface area (Å²) in [6, 6.07) is 4.68. The van der Waals surface area contributed by atoms with E-state index in [0.29, 0.717) is 17.0 Å². The van der Waals surface area contributed by atoms with Crippen molar-refractivity contribution >= 4 is 27.5 Å². The Labute approximate surface area is 132 Å². The summed E-state index contributed by atoms with van der Waals surface area (Å²) in [4.78, 5) is 22.7. The number of hydrogen-bond acceptors (Lipinski definition) is 3. The summed E-state index contributed by atoms with van der Waals surface area (Å²) in [5.41, 5.74) is 1.04. The Morgan fingerprint density at radius 3 is 2.76 bits per heavy atom. The highest BCUT2D eigenvalue weighted by Crippen LogP contribution is 2.26. The van der Waals surface area contributed by atoms with Gasteiger partial charge >= 0.3 is 0 Å². The van der Waals surface area contributed by atoms with Crippen molar-refractivity contribution in [1.29, 1.82) is 0 Å². The van der Waals surface area contributed by atoms with Crippen LogP contribution in [0.3, 0.4) is 0 Å². The molecule has 2 rings (SSSR count). The third-order valence-corrected chi connectivity index (χ3v) is 4.91. The zero-order chi connectivity index (χ0) is 15.4. The minimum atomic E-state index is -0.432. The van der Waals surface area contributed by atoms with Crippen LogP contribution in [0.1, 0.15) is 41.6 Å². The van der Waals surface area contributed by atoms with Crippen molar-refractivity contribution < 1.29 is 9.72 Å². The molecular weight excluding hydrogens is 336 g/mol. The van der Waals surface area contributed by atoms with Gasteiger partial charge in [-0.05, 0) is 37.8 Å². The van der Waals surface area contributed by atoms with Gasteiger partial charge in [0.1, 0.15) is 0 Å². The Kier molecular flexibility index (Phi) is 5.33. The van der Waals surface area contributed by atoms with Gasteiger partial charge in [0.2, 0.25) is 0 Å². The molecule has 1 aliphatic carbocycles. The second-order valence-electron chi connectivity index (χ2n) is 5.54. The monoisotopic (exact) mass is 354 g/mol. The molecule has 1 N–H and O–H groups in total. The second-order valence-corrected chi connectivity index (χ2v) is 6.18. The van der Waals surface area contributed by atoms with Crippen LogP contribution < -0.4 is 5.32 Å². The summed E-state index contributed by atoms with van der Waals surface area (Å²) in [5, 5.41) is 14.8. The maximum absolute atomic E-state index is 12.3. The van der Waals surface area contributed by atoms with Crippen molar-refractivity contribution in [3.63, 3.8) is 0 Å². The Bertz CT molecular complexity index is 548. The van der Waals surface area contributed by atoms with Gasteiger partial charge in [0, 0.05) is 28.6 Å². The van der Waals surface area contributed by atoms with Crippen LogP contribution in [-0.2, 0) is 0 Å². The number of nitrogens with one attached hydrogen (secondary N) is 1. The van der Waals surface area contributed by atoms with Gasteiger partial charge in [0.15, 0.2) is 0 Å². The van der Waals surface area contributed by atoms with E-state index in [1.54, 1.807) is 13.0 Å². The first-order valence-corrected chi connectivity index (χ1v) is 8.27. The Balaban J connectivity index is 2.09. The number of benzene rings is 1. The predicted octanol–water partition coefficient (Wildman–Crippen LogP) is 3.59. The summed E-state index contributed by atoms with van der Waals surface area (Å²) in [6.07, 6.45) is 4.45. The number of carbonyl (C=O) groups is 1. The molecule has 0 radical (unpaired) electrons. The Morgan fingerprint density at radius 2 is 2.14 bits per heavy atom. The number of hydrogen-bond donors (Lipinski definition) is 1. The Morgan fingerprint density at radius 1 is 1.43 bits per heavy atom. The number of rotatable bonds is 4. The van der Waals surface area contributed by atoms with Gasteiger partial charge in [-0.25, -0.2) is 0 Å². The number of nitro benzene ring substituents is 1. The topological polar surface area (TPSA) is 72.2 Å². The number of amides is 1. The van der Waals surface area contributed by atoms with Crippen LogP contribution in [0.4, 0.5) is 5.69 Å². The van der Waals surface area contributed by atoms with E-state index in [4.69, 9.17) is 0 Å². The third-order valence-electron chi connectivity index (χ3n) is 4.08. The molecule has 0 spiro atoms. The van der Waals surface area contributed by atoms with Gasteiger partial charge in [-0.15, -0.1) is 0 Å². The summed E-state index contributed by atoms with van der Waals surface area (Å²) < 4.78 is 0. The zero-order valence-corrected chi connectivity index (χ0v) is 13.6. The van der Waals surface area contributed by atoms with E-state index < -0.39 is 4.92 Å². The summed E-state index contributed by atoms with van der Waals surface area (Å²) >= 11 is 3.51. The van der Waals surface area contributed by atoms with Gasteiger partial charge in [0.05, 0.1) is 4.92 Å². The largest absolute Gasteiger partial charge is 0.349 e. The molecule has 0 heterocycles. The highest BCUT2D eigenvalue weighted by Gasteiger charge is 2.26. The molecular formula is C15H19BrN2O3. The van der Waals surface area contributed by atoms with E-state index in [1.165, 1.54) is 18.6 Å². The minimum absolute atomic E-state index is 0.0440. The number of aryl methyl sites for hydroxylation is 1. The van der Waals surface area contributed by atoms with Crippen molar-refractivity contribution in [3.05, 3.63) is 39.4 Å². The molecule has 21 heavy (non-hydrogen) atoms. The highest BCUT2D eigenvalue weighted by atomic mass is 79.9. The van der Waals surface area contributed by atoms with Gasteiger partial charge in [-0.3, -0.25) is 14.9 Å². The van der Waals surface area contributed by atoms with Crippen LogP contribution in [0.5, 0.6) is 0 Å². The molecule has 0 aliphatic heterocycles. The summed E-state index contributed by atoms with van der Waals surface area (Å²) in [7, 11) is 0. The number of alkyl halides is 1. The van der Waals surface area contributed by atoms with Crippen molar-refractivity contribution in [2.75, 3.05) is 5.33 Å². The van der Waals surface area contributed by atoms with Crippen LogP contribution in [0.15, 0.2) is 18.2 Å². The van der Waals surface area contributed by atoms with Crippen LogP contribution >= 0.6 is 15.9 Å². The van der Waals surface area contributed by atoms with Gasteiger partial charge in [0.25, 0.3) is 11.6 Å². The maximum Gasteiger partial charge on any atom is 0.272 e. The molecule has 114 valence electrons. The predicted molar refractivity (Wildman–Crippen MR) is 84.8 cm³/mol. The van der Waals surface area contributed by atoms with Crippen molar-refractivity contribution in [2.45, 2.75) is 38.6 Å². The van der Waals surface area contributed by atoms with E-state index in [0.717, 1.165) is 24.6 Å². The molecule has 5 nitrogen and oxygen atoms in total. The number of carbonyl (C=O) groups excluding carboxylic acids is 1. The van der Waals surface area contributed by atoms with Crippen molar-refractivity contribution in [2.24, 2.45) is 5.92 Å². The molecule has 1 fully saturated rings. The fraction of sp³-hybridized carbons (Fsp3) is 0.533. The molecule has 2 atom stereocenters. The quantitative estimate of drug-likeness (QED) is 0.510. The Hall–Kier alpha value is -1.43.